The number of carbonyl (C=O) groups excluding carboxylic acids is 1. The first-order valence-electron chi connectivity index (χ1n) is 10.4. The van der Waals surface area contributed by atoms with Crippen molar-refractivity contribution >= 4 is 28.6 Å². The van der Waals surface area contributed by atoms with Crippen LogP contribution in [0.2, 0.25) is 0 Å². The molecule has 5 nitrogen and oxygen atoms in total. The number of aryl methyl sites for hydroxylation is 3. The first kappa shape index (κ1) is 19.1. The summed E-state index contributed by atoms with van der Waals surface area (Å²) in [6.07, 6.45) is 2.48. The van der Waals surface area contributed by atoms with Gasteiger partial charge in [-0.1, -0.05) is 24.3 Å². The van der Waals surface area contributed by atoms with Crippen LogP contribution in [0.15, 0.2) is 42.5 Å². The summed E-state index contributed by atoms with van der Waals surface area (Å²) in [6.45, 7) is 7.48. The van der Waals surface area contributed by atoms with Gasteiger partial charge in [0.1, 0.15) is 5.75 Å². The van der Waals surface area contributed by atoms with Gasteiger partial charge in [0.25, 0.3) is 5.91 Å². The number of benzene rings is 2. The molecule has 1 amide bonds. The van der Waals surface area contributed by atoms with Gasteiger partial charge in [-0.25, -0.2) is 4.98 Å². The fraction of sp³-hybridized carbons (Fsp3) is 0.333. The lowest BCUT2D eigenvalue weighted by molar-refractivity contribution is 0.0988. The summed E-state index contributed by atoms with van der Waals surface area (Å²) in [5.74, 6) is 1.11. The highest BCUT2D eigenvalue weighted by Gasteiger charge is 2.36. The number of amides is 1. The lowest BCUT2D eigenvalue weighted by atomic mass is 10.1. The number of para-hydroxylation sites is 2. The number of carbonyl (C=O) groups is 1. The van der Waals surface area contributed by atoms with Crippen molar-refractivity contribution in [2.75, 3.05) is 22.9 Å². The number of anilines is 2. The average Bonchev–Trinajstić information content (AvgIpc) is 3.52. The predicted molar refractivity (Wildman–Crippen MR) is 121 cm³/mol. The zero-order chi connectivity index (χ0) is 20.8. The maximum Gasteiger partial charge on any atom is 0.274 e. The summed E-state index contributed by atoms with van der Waals surface area (Å²) >= 11 is 1.40. The standard InChI is InChI=1S/C24H25N3O2S/c1-15-8-9-16(2)21(14-15)29-23-22(30-17(3)25-23)24(28)27-13-12-26(18-10-11-18)19-6-4-5-7-20(19)27/h4-9,14,18H,10-13H2,1-3H3. The van der Waals surface area contributed by atoms with Crippen LogP contribution in [0.1, 0.15) is 38.6 Å². The molecule has 2 aliphatic rings. The van der Waals surface area contributed by atoms with Crippen molar-refractivity contribution in [2.45, 2.75) is 39.7 Å². The first-order chi connectivity index (χ1) is 14.5. The molecule has 0 saturated heterocycles. The SMILES string of the molecule is Cc1ccc(C)c(Oc2nc(C)sc2C(=O)N2CCN(C3CC3)c3ccccc32)c1. The molecular weight excluding hydrogens is 394 g/mol. The van der Waals surface area contributed by atoms with E-state index in [2.05, 4.69) is 22.0 Å². The smallest absolute Gasteiger partial charge is 0.274 e. The Bertz CT molecular complexity index is 1120. The van der Waals surface area contributed by atoms with Gasteiger partial charge in [0.15, 0.2) is 4.88 Å². The van der Waals surface area contributed by atoms with Crippen LogP contribution >= 0.6 is 11.3 Å². The van der Waals surface area contributed by atoms with Gasteiger partial charge in [-0.15, -0.1) is 11.3 Å². The van der Waals surface area contributed by atoms with E-state index in [1.165, 1.54) is 24.2 Å². The monoisotopic (exact) mass is 419 g/mol. The molecule has 0 N–H and O–H groups in total. The molecule has 0 radical (unpaired) electrons. The van der Waals surface area contributed by atoms with E-state index in [1.807, 2.05) is 56.0 Å². The van der Waals surface area contributed by atoms with Crippen LogP contribution < -0.4 is 14.5 Å². The lowest BCUT2D eigenvalue weighted by Crippen LogP contribution is -2.44. The van der Waals surface area contributed by atoms with E-state index in [-0.39, 0.29) is 5.91 Å². The third-order valence-electron chi connectivity index (χ3n) is 5.73. The van der Waals surface area contributed by atoms with Crippen molar-refractivity contribution in [1.29, 1.82) is 0 Å². The number of aromatic nitrogens is 1. The summed E-state index contributed by atoms with van der Waals surface area (Å²) in [5, 5.41) is 0.823. The molecule has 1 aromatic heterocycles. The molecule has 0 atom stereocenters. The van der Waals surface area contributed by atoms with Crippen LogP contribution in [0.5, 0.6) is 11.6 Å². The molecule has 0 spiro atoms. The second-order valence-electron chi connectivity index (χ2n) is 8.11. The van der Waals surface area contributed by atoms with Crippen LogP contribution in [0.25, 0.3) is 0 Å². The molecule has 2 aromatic carbocycles. The highest BCUT2D eigenvalue weighted by molar-refractivity contribution is 7.14. The Kier molecular flexibility index (Phi) is 4.74. The topological polar surface area (TPSA) is 45.7 Å². The molecule has 5 rings (SSSR count). The number of hydrogen-bond acceptors (Lipinski definition) is 5. The van der Waals surface area contributed by atoms with Crippen molar-refractivity contribution in [3.63, 3.8) is 0 Å². The molecule has 2 heterocycles. The molecule has 0 unspecified atom stereocenters. The van der Waals surface area contributed by atoms with E-state index in [9.17, 15) is 4.79 Å². The van der Waals surface area contributed by atoms with Crippen molar-refractivity contribution < 1.29 is 9.53 Å². The normalized spacial score (nSPS) is 15.8. The molecule has 30 heavy (non-hydrogen) atoms. The number of fused-ring (bicyclic) bond motifs is 1. The minimum Gasteiger partial charge on any atom is -0.437 e. The predicted octanol–water partition coefficient (Wildman–Crippen LogP) is 5.49. The van der Waals surface area contributed by atoms with Crippen molar-refractivity contribution in [2.24, 2.45) is 0 Å². The number of hydrogen-bond donors (Lipinski definition) is 0. The first-order valence-corrected chi connectivity index (χ1v) is 11.2. The molecule has 1 aliphatic carbocycles. The zero-order valence-electron chi connectivity index (χ0n) is 17.5. The van der Waals surface area contributed by atoms with Crippen LogP contribution in [0.3, 0.4) is 0 Å². The van der Waals surface area contributed by atoms with Crippen LogP contribution in [-0.4, -0.2) is 30.0 Å². The second-order valence-corrected chi connectivity index (χ2v) is 9.31. The summed E-state index contributed by atoms with van der Waals surface area (Å²) in [4.78, 5) is 23.1. The molecule has 6 heteroatoms. The second kappa shape index (κ2) is 7.43. The van der Waals surface area contributed by atoms with E-state index >= 15 is 0 Å². The third-order valence-corrected chi connectivity index (χ3v) is 6.67. The van der Waals surface area contributed by atoms with E-state index < -0.39 is 0 Å². The van der Waals surface area contributed by atoms with Gasteiger partial charge in [0, 0.05) is 19.1 Å². The Hall–Kier alpha value is -2.86. The number of ether oxygens (including phenoxy) is 1. The van der Waals surface area contributed by atoms with Gasteiger partial charge in [0.05, 0.1) is 16.4 Å². The molecular formula is C24H25N3O2S. The minimum atomic E-state index is -0.0381. The highest BCUT2D eigenvalue weighted by atomic mass is 32.1. The van der Waals surface area contributed by atoms with Gasteiger partial charge in [-0.3, -0.25) is 4.79 Å². The van der Waals surface area contributed by atoms with Crippen LogP contribution in [0.4, 0.5) is 11.4 Å². The molecule has 0 bridgehead atoms. The molecule has 154 valence electrons. The fourth-order valence-corrected chi connectivity index (χ4v) is 4.81. The zero-order valence-corrected chi connectivity index (χ0v) is 18.3. The Labute approximate surface area is 180 Å². The van der Waals surface area contributed by atoms with Gasteiger partial charge in [0.2, 0.25) is 5.88 Å². The minimum absolute atomic E-state index is 0.0381. The van der Waals surface area contributed by atoms with E-state index in [1.54, 1.807) is 0 Å². The van der Waals surface area contributed by atoms with Crippen molar-refractivity contribution in [3.8, 4) is 11.6 Å². The van der Waals surface area contributed by atoms with Crippen LogP contribution in [-0.2, 0) is 0 Å². The van der Waals surface area contributed by atoms with Gasteiger partial charge in [-0.2, -0.15) is 0 Å². The van der Waals surface area contributed by atoms with E-state index in [0.717, 1.165) is 39.8 Å². The average molecular weight is 420 g/mol. The largest absolute Gasteiger partial charge is 0.437 e. The van der Waals surface area contributed by atoms with Gasteiger partial charge >= 0.3 is 0 Å². The van der Waals surface area contributed by atoms with E-state index in [0.29, 0.717) is 23.3 Å². The lowest BCUT2D eigenvalue weighted by Gasteiger charge is -2.37. The fourth-order valence-electron chi connectivity index (χ4n) is 4.02. The molecule has 1 aliphatic heterocycles. The number of nitrogens with zero attached hydrogens (tertiary/aromatic N) is 3. The highest BCUT2D eigenvalue weighted by Crippen LogP contribution is 2.41. The number of rotatable bonds is 4. The van der Waals surface area contributed by atoms with Gasteiger partial charge < -0.3 is 14.5 Å². The van der Waals surface area contributed by atoms with Gasteiger partial charge in [-0.05, 0) is 62.9 Å². The Balaban J connectivity index is 1.48. The summed E-state index contributed by atoms with van der Waals surface area (Å²) in [6, 6.07) is 14.9. The molecule has 3 aromatic rings. The molecule has 1 fully saturated rings. The summed E-state index contributed by atoms with van der Waals surface area (Å²) < 4.78 is 6.15. The van der Waals surface area contributed by atoms with Crippen LogP contribution in [0, 0.1) is 20.8 Å². The van der Waals surface area contributed by atoms with E-state index in [4.69, 9.17) is 4.74 Å². The van der Waals surface area contributed by atoms with Crippen molar-refractivity contribution in [1.82, 2.24) is 4.98 Å². The Morgan fingerprint density at radius 1 is 1.07 bits per heavy atom. The molecule has 1 saturated carbocycles. The summed E-state index contributed by atoms with van der Waals surface area (Å²) in [7, 11) is 0. The Morgan fingerprint density at radius 3 is 2.60 bits per heavy atom. The number of thiazole rings is 1. The Morgan fingerprint density at radius 2 is 1.83 bits per heavy atom. The third kappa shape index (κ3) is 3.45. The quantitative estimate of drug-likeness (QED) is 0.561. The summed E-state index contributed by atoms with van der Waals surface area (Å²) in [5.41, 5.74) is 4.26. The maximum atomic E-state index is 13.6. The van der Waals surface area contributed by atoms with Crippen molar-refractivity contribution in [3.05, 3.63) is 63.5 Å². The maximum absolute atomic E-state index is 13.6.